The molecule has 81 heavy (non-hydrogen) atoms. The maximum absolute atomic E-state index is 15.1. The SMILES string of the molecule is CC(C)(C)OC(=O)NC/C=C(\F)CBr.CCOC(=O)c1ccc2c(c1)C(c1cccc(S(=O)(=O)N(C)C)c1)=C(C)C2.CCOC(=O)c1ccc2c(c1)c(-c1cccc(S(=O)(=O)N(C)C)c1)c(C)n2C/C(F)=C/CNC(=O)OC(C)(C)C. The number of carbonyl (C=O) groups is 4. The Bertz CT molecular complexity index is 3430. The summed E-state index contributed by atoms with van der Waals surface area (Å²) in [7, 11) is -1.28. The summed E-state index contributed by atoms with van der Waals surface area (Å²) < 4.78 is 103. The maximum Gasteiger partial charge on any atom is 0.407 e. The number of ether oxygens (including phenoxy) is 4. The van der Waals surface area contributed by atoms with Crippen molar-refractivity contribution in [1.82, 2.24) is 23.8 Å². The minimum absolute atomic E-state index is 0.0662. The fraction of sp³-hybridized carbons (Fsp3) is 0.390. The normalized spacial score (nSPS) is 13.0. The maximum atomic E-state index is 15.1. The number of hydrogen-bond donors (Lipinski definition) is 2. The number of carbonyl (C=O) groups excluding carboxylic acids is 4. The Morgan fingerprint density at radius 2 is 1.14 bits per heavy atom. The number of amides is 2. The number of hydrogen-bond acceptors (Lipinski definition) is 12. The highest BCUT2D eigenvalue weighted by Crippen LogP contribution is 2.40. The van der Waals surface area contributed by atoms with Crippen molar-refractivity contribution in [2.75, 3.05) is 59.8 Å². The van der Waals surface area contributed by atoms with Crippen LogP contribution in [0.25, 0.3) is 27.6 Å². The quantitative estimate of drug-likeness (QED) is 0.0506. The molecule has 1 heterocycles. The molecule has 1 aliphatic carbocycles. The van der Waals surface area contributed by atoms with Gasteiger partial charge in [-0.15, -0.1) is 0 Å². The van der Waals surface area contributed by atoms with E-state index in [0.29, 0.717) is 45.5 Å². The highest BCUT2D eigenvalue weighted by molar-refractivity contribution is 9.09. The molecule has 0 atom stereocenters. The lowest BCUT2D eigenvalue weighted by atomic mass is 9.96. The molecule has 0 saturated heterocycles. The van der Waals surface area contributed by atoms with E-state index in [1.165, 1.54) is 50.7 Å². The number of fused-ring (bicyclic) bond motifs is 2. The van der Waals surface area contributed by atoms with Crippen molar-refractivity contribution < 1.29 is 63.7 Å². The Balaban J connectivity index is 0.000000295. The van der Waals surface area contributed by atoms with Crippen LogP contribution >= 0.6 is 15.9 Å². The van der Waals surface area contributed by atoms with Crippen molar-refractivity contribution in [1.29, 1.82) is 0 Å². The Labute approximate surface area is 483 Å². The van der Waals surface area contributed by atoms with E-state index in [9.17, 15) is 40.4 Å². The third-order valence-electron chi connectivity index (χ3n) is 11.8. The van der Waals surface area contributed by atoms with Crippen molar-refractivity contribution in [2.24, 2.45) is 0 Å². The topological polar surface area (TPSA) is 209 Å². The minimum atomic E-state index is -3.71. The number of benzene rings is 4. The summed E-state index contributed by atoms with van der Waals surface area (Å²) in [6, 6.07) is 24.0. The fourth-order valence-corrected chi connectivity index (χ4v) is 10.3. The summed E-state index contributed by atoms with van der Waals surface area (Å²) in [5.74, 6) is -1.67. The average Bonchev–Trinajstić information content (AvgIpc) is 4.14. The Hall–Kier alpha value is -6.72. The molecular weight excluding hydrogens is 1150 g/mol. The molecule has 4 aromatic carbocycles. The van der Waals surface area contributed by atoms with Crippen molar-refractivity contribution in [3.05, 3.63) is 148 Å². The third kappa shape index (κ3) is 18.7. The molecular formula is C59H74BrF2N5O12S2. The lowest BCUT2D eigenvalue weighted by Crippen LogP contribution is -2.32. The molecule has 440 valence electrons. The van der Waals surface area contributed by atoms with Gasteiger partial charge in [0, 0.05) is 63.4 Å². The Kier molecular flexibility index (Phi) is 23.8. The van der Waals surface area contributed by atoms with Crippen molar-refractivity contribution in [3.63, 3.8) is 0 Å². The predicted molar refractivity (Wildman–Crippen MR) is 315 cm³/mol. The molecule has 22 heteroatoms. The van der Waals surface area contributed by atoms with Crippen LogP contribution in [0.1, 0.15) is 105 Å². The average molecular weight is 1230 g/mol. The van der Waals surface area contributed by atoms with Crippen molar-refractivity contribution in [3.8, 4) is 11.1 Å². The first-order valence-electron chi connectivity index (χ1n) is 25.8. The van der Waals surface area contributed by atoms with Gasteiger partial charge in [-0.3, -0.25) is 0 Å². The van der Waals surface area contributed by atoms with E-state index in [4.69, 9.17) is 18.9 Å². The zero-order valence-electron chi connectivity index (χ0n) is 48.4. The second kappa shape index (κ2) is 28.8. The van der Waals surface area contributed by atoms with E-state index in [-0.39, 0.29) is 53.2 Å². The van der Waals surface area contributed by atoms with Crippen LogP contribution in [0.15, 0.2) is 124 Å². The number of esters is 2. The van der Waals surface area contributed by atoms with Gasteiger partial charge in [0.15, 0.2) is 0 Å². The van der Waals surface area contributed by atoms with Crippen LogP contribution in [0.3, 0.4) is 0 Å². The molecule has 1 aromatic heterocycles. The van der Waals surface area contributed by atoms with Crippen molar-refractivity contribution >= 4 is 76.6 Å². The minimum Gasteiger partial charge on any atom is -0.462 e. The van der Waals surface area contributed by atoms with Gasteiger partial charge in [0.2, 0.25) is 20.0 Å². The Morgan fingerprint density at radius 1 is 0.667 bits per heavy atom. The lowest BCUT2D eigenvalue weighted by Gasteiger charge is -2.19. The zero-order chi connectivity index (χ0) is 60.8. The number of nitrogens with zero attached hydrogens (tertiary/aromatic N) is 3. The van der Waals surface area contributed by atoms with E-state index in [1.807, 2.05) is 25.1 Å². The number of aromatic nitrogens is 1. The van der Waals surface area contributed by atoms with E-state index >= 15 is 4.39 Å². The third-order valence-corrected chi connectivity index (χ3v) is 15.9. The van der Waals surface area contributed by atoms with E-state index < -0.39 is 55.2 Å². The largest absolute Gasteiger partial charge is 0.462 e. The van der Waals surface area contributed by atoms with E-state index in [1.54, 1.807) is 128 Å². The zero-order valence-corrected chi connectivity index (χ0v) is 51.6. The van der Waals surface area contributed by atoms with E-state index in [0.717, 1.165) is 38.6 Å². The molecule has 2 amide bonds. The molecule has 0 unspecified atom stereocenters. The molecule has 0 spiro atoms. The highest BCUT2D eigenvalue weighted by Gasteiger charge is 2.26. The van der Waals surface area contributed by atoms with Gasteiger partial charge >= 0.3 is 24.1 Å². The van der Waals surface area contributed by atoms with Crippen LogP contribution in [-0.2, 0) is 52.0 Å². The molecule has 1 aliphatic rings. The molecule has 0 fully saturated rings. The Morgan fingerprint density at radius 3 is 1.62 bits per heavy atom. The second-order valence-corrected chi connectivity index (χ2v) is 25.6. The smallest absolute Gasteiger partial charge is 0.407 e. The van der Waals surface area contributed by atoms with Gasteiger partial charge < -0.3 is 34.1 Å². The number of sulfonamides is 2. The molecule has 0 bridgehead atoms. The van der Waals surface area contributed by atoms with Gasteiger partial charge in [0.1, 0.15) is 22.9 Å². The monoisotopic (exact) mass is 1230 g/mol. The van der Waals surface area contributed by atoms with Crippen LogP contribution < -0.4 is 10.6 Å². The van der Waals surface area contributed by atoms with Gasteiger partial charge in [-0.25, -0.2) is 53.4 Å². The molecule has 6 rings (SSSR count). The summed E-state index contributed by atoms with van der Waals surface area (Å²) in [5.41, 5.74) is 7.22. The molecule has 0 radical (unpaired) electrons. The van der Waals surface area contributed by atoms with Crippen LogP contribution in [0.5, 0.6) is 0 Å². The second-order valence-electron chi connectivity index (χ2n) is 20.8. The summed E-state index contributed by atoms with van der Waals surface area (Å²) in [4.78, 5) is 47.9. The first kappa shape index (κ1) is 66.8. The molecule has 5 aromatic rings. The lowest BCUT2D eigenvalue weighted by molar-refractivity contribution is 0.0517. The number of alkyl carbamates (subject to hydrolysis) is 2. The molecule has 0 saturated carbocycles. The van der Waals surface area contributed by atoms with Gasteiger partial charge in [-0.1, -0.05) is 51.8 Å². The summed E-state index contributed by atoms with van der Waals surface area (Å²) in [6.07, 6.45) is 2.11. The number of alkyl halides is 1. The summed E-state index contributed by atoms with van der Waals surface area (Å²) >= 11 is 2.94. The van der Waals surface area contributed by atoms with Crippen LogP contribution in [0, 0.1) is 6.92 Å². The number of halogens is 3. The molecule has 2 N–H and O–H groups in total. The van der Waals surface area contributed by atoms with Crippen LogP contribution in [0.4, 0.5) is 18.4 Å². The number of rotatable bonds is 17. The van der Waals surface area contributed by atoms with Gasteiger partial charge in [-0.05, 0) is 170 Å². The first-order chi connectivity index (χ1) is 37.8. The van der Waals surface area contributed by atoms with Crippen molar-refractivity contribution in [2.45, 2.75) is 103 Å². The predicted octanol–water partition coefficient (Wildman–Crippen LogP) is 11.7. The number of nitrogens with one attached hydrogen (secondary N) is 2. The standard InChI is InChI=1S/C29H36FN3O6S.C21H23NO4S.C9H15BrFNO2/c1-8-38-27(34)21-12-13-25-24(17-21)26(20-10-9-11-23(16-20)40(36,37)32(6)7)19(2)33(25)18-22(30)14-15-31-28(35)39-29(3,4)5;1-5-26-21(23)17-10-9-15-11-14(2)20(19(15)13-17)16-7-6-8-18(12-16)27(24,25)22(3)4;1-9(2,3)14-8(13)12-5-4-7(11)6-10/h9-14,16-17H,8,15,18H2,1-7H3,(H,31,35);6-10,12-13H,5,11H2,1-4H3;4H,5-6H2,1-3H3,(H,12,13)/b22-14-;;7-4-. The first-order valence-corrected chi connectivity index (χ1v) is 29.8. The van der Waals surface area contributed by atoms with Crippen LogP contribution in [0.2, 0.25) is 0 Å². The van der Waals surface area contributed by atoms with Gasteiger partial charge in [-0.2, -0.15) is 0 Å². The summed E-state index contributed by atoms with van der Waals surface area (Å²) in [5, 5.41) is 5.70. The van der Waals surface area contributed by atoms with Gasteiger partial charge in [0.05, 0.1) is 46.0 Å². The highest BCUT2D eigenvalue weighted by atomic mass is 79.9. The van der Waals surface area contributed by atoms with E-state index in [2.05, 4.69) is 26.6 Å². The van der Waals surface area contributed by atoms with Crippen LogP contribution in [-0.4, -0.2) is 125 Å². The fourth-order valence-electron chi connectivity index (χ4n) is 8.14. The summed E-state index contributed by atoms with van der Waals surface area (Å²) in [6.45, 7) is 18.3. The van der Waals surface area contributed by atoms with Gasteiger partial charge in [0.25, 0.3) is 0 Å². The molecule has 0 aliphatic heterocycles. The number of allylic oxidation sites excluding steroid dienone is 3. The molecule has 17 nitrogen and oxygen atoms in total.